The van der Waals surface area contributed by atoms with Crippen molar-refractivity contribution in [3.63, 3.8) is 0 Å². The molecule has 3 heteroatoms. The average Bonchev–Trinajstić information content (AvgIpc) is 2.42. The zero-order chi connectivity index (χ0) is 15.6. The molecule has 0 aliphatic carbocycles. The van der Waals surface area contributed by atoms with Crippen LogP contribution in [-0.2, 0) is 11.8 Å². The molecule has 0 aliphatic rings. The van der Waals surface area contributed by atoms with Gasteiger partial charge in [-0.2, -0.15) is 0 Å². The second kappa shape index (κ2) is 6.27. The molecule has 0 nitrogen and oxygen atoms in total. The Bertz CT molecular complexity index is 612. The molecule has 112 valence electrons. The number of hydrogen-bond donors (Lipinski definition) is 0. The summed E-state index contributed by atoms with van der Waals surface area (Å²) in [6, 6.07) is 12.5. The Kier molecular flexibility index (Phi) is 4.82. The fourth-order valence-corrected chi connectivity index (χ4v) is 2.86. The van der Waals surface area contributed by atoms with Gasteiger partial charge >= 0.3 is 0 Å². The maximum absolute atomic E-state index is 13.2. The van der Waals surface area contributed by atoms with Gasteiger partial charge in [0.05, 0.1) is 0 Å². The molecule has 0 radical (unpaired) electrons. The Labute approximate surface area is 133 Å². The van der Waals surface area contributed by atoms with Crippen molar-refractivity contribution in [3.8, 4) is 0 Å². The van der Waals surface area contributed by atoms with Crippen LogP contribution in [0.4, 0.5) is 8.78 Å². The van der Waals surface area contributed by atoms with E-state index in [2.05, 4.69) is 61.0 Å². The summed E-state index contributed by atoms with van der Waals surface area (Å²) in [4.78, 5) is 0.0800. The number of hydrogen-bond acceptors (Lipinski definition) is 0. The molecule has 1 unspecified atom stereocenters. The summed E-state index contributed by atoms with van der Waals surface area (Å²) >= 11 is 3.62. The van der Waals surface area contributed by atoms with Gasteiger partial charge in [-0.3, -0.25) is 0 Å². The first-order valence-electron chi connectivity index (χ1n) is 6.96. The van der Waals surface area contributed by atoms with E-state index in [1.54, 1.807) is 6.07 Å². The molecular formula is C18H19BrF2. The lowest BCUT2D eigenvalue weighted by Gasteiger charge is -2.20. The zero-order valence-corrected chi connectivity index (χ0v) is 14.0. The Hall–Kier alpha value is -1.22. The Morgan fingerprint density at radius 1 is 0.952 bits per heavy atom. The van der Waals surface area contributed by atoms with Gasteiger partial charge in [0.2, 0.25) is 0 Å². The first kappa shape index (κ1) is 16.2. The van der Waals surface area contributed by atoms with Crippen LogP contribution in [-0.4, -0.2) is 0 Å². The van der Waals surface area contributed by atoms with Gasteiger partial charge in [0, 0.05) is 4.83 Å². The van der Waals surface area contributed by atoms with Crippen molar-refractivity contribution in [2.75, 3.05) is 0 Å². The van der Waals surface area contributed by atoms with Crippen molar-refractivity contribution in [3.05, 3.63) is 70.8 Å². The van der Waals surface area contributed by atoms with Crippen LogP contribution in [0.3, 0.4) is 0 Å². The number of alkyl halides is 1. The maximum atomic E-state index is 13.2. The maximum Gasteiger partial charge on any atom is 0.159 e. The van der Waals surface area contributed by atoms with Crippen LogP contribution >= 0.6 is 15.9 Å². The minimum Gasteiger partial charge on any atom is -0.204 e. The second-order valence-electron chi connectivity index (χ2n) is 6.29. The van der Waals surface area contributed by atoms with Gasteiger partial charge in [-0.25, -0.2) is 8.78 Å². The van der Waals surface area contributed by atoms with E-state index in [1.165, 1.54) is 17.7 Å². The number of rotatable bonds is 3. The molecular weight excluding hydrogens is 334 g/mol. The highest BCUT2D eigenvalue weighted by Gasteiger charge is 2.15. The first-order valence-corrected chi connectivity index (χ1v) is 7.87. The van der Waals surface area contributed by atoms with Crippen LogP contribution in [0, 0.1) is 11.6 Å². The summed E-state index contributed by atoms with van der Waals surface area (Å²) in [5.74, 6) is -1.60. The van der Waals surface area contributed by atoms with Gasteiger partial charge in [-0.1, -0.05) is 67.0 Å². The highest BCUT2D eigenvalue weighted by Crippen LogP contribution is 2.30. The third kappa shape index (κ3) is 4.13. The highest BCUT2D eigenvalue weighted by molar-refractivity contribution is 9.09. The second-order valence-corrected chi connectivity index (χ2v) is 7.40. The van der Waals surface area contributed by atoms with Gasteiger partial charge in [0.1, 0.15) is 0 Å². The van der Waals surface area contributed by atoms with E-state index in [0.717, 1.165) is 11.1 Å². The molecule has 0 spiro atoms. The smallest absolute Gasteiger partial charge is 0.159 e. The van der Waals surface area contributed by atoms with Gasteiger partial charge in [-0.15, -0.1) is 0 Å². The summed E-state index contributed by atoms with van der Waals surface area (Å²) in [6.45, 7) is 6.53. The fraction of sp³-hybridized carbons (Fsp3) is 0.333. The highest BCUT2D eigenvalue weighted by atomic mass is 79.9. The van der Waals surface area contributed by atoms with Crippen molar-refractivity contribution < 1.29 is 8.78 Å². The van der Waals surface area contributed by atoms with Crippen LogP contribution < -0.4 is 0 Å². The summed E-state index contributed by atoms with van der Waals surface area (Å²) in [5, 5.41) is 0. The largest absolute Gasteiger partial charge is 0.204 e. The SMILES string of the molecule is CC(C)(C)c1ccc(C(Br)Cc2ccc(F)c(F)c2)cc1. The molecule has 2 rings (SSSR count). The Morgan fingerprint density at radius 2 is 1.57 bits per heavy atom. The van der Waals surface area contributed by atoms with E-state index in [9.17, 15) is 8.78 Å². The molecule has 0 heterocycles. The monoisotopic (exact) mass is 352 g/mol. The van der Waals surface area contributed by atoms with Crippen LogP contribution in [0.1, 0.15) is 42.3 Å². The average molecular weight is 353 g/mol. The molecule has 2 aromatic carbocycles. The third-order valence-corrected chi connectivity index (χ3v) is 4.39. The zero-order valence-electron chi connectivity index (χ0n) is 12.5. The van der Waals surface area contributed by atoms with E-state index in [-0.39, 0.29) is 10.2 Å². The van der Waals surface area contributed by atoms with Crippen molar-refractivity contribution in [2.24, 2.45) is 0 Å². The van der Waals surface area contributed by atoms with Crippen LogP contribution in [0.5, 0.6) is 0 Å². The van der Waals surface area contributed by atoms with Gasteiger partial charge in [0.15, 0.2) is 11.6 Å². The van der Waals surface area contributed by atoms with Gasteiger partial charge < -0.3 is 0 Å². The predicted octanol–water partition coefficient (Wildman–Crippen LogP) is 5.94. The molecule has 0 saturated heterocycles. The Morgan fingerprint density at radius 3 is 2.10 bits per heavy atom. The van der Waals surface area contributed by atoms with Gasteiger partial charge in [-0.05, 0) is 40.7 Å². The quantitative estimate of drug-likeness (QED) is 0.599. The lowest BCUT2D eigenvalue weighted by molar-refractivity contribution is 0.507. The van der Waals surface area contributed by atoms with Crippen LogP contribution in [0.25, 0.3) is 0 Å². The van der Waals surface area contributed by atoms with E-state index in [1.807, 2.05) is 0 Å². The Balaban J connectivity index is 2.13. The summed E-state index contributed by atoms with van der Waals surface area (Å²) in [7, 11) is 0. The van der Waals surface area contributed by atoms with E-state index < -0.39 is 11.6 Å². The lowest BCUT2D eigenvalue weighted by atomic mass is 9.86. The van der Waals surface area contributed by atoms with E-state index in [4.69, 9.17) is 0 Å². The molecule has 0 amide bonds. The van der Waals surface area contributed by atoms with Crippen molar-refractivity contribution in [2.45, 2.75) is 37.4 Å². The van der Waals surface area contributed by atoms with Crippen LogP contribution in [0.15, 0.2) is 42.5 Å². The van der Waals surface area contributed by atoms with Crippen molar-refractivity contribution in [1.29, 1.82) is 0 Å². The normalized spacial score (nSPS) is 13.2. The fourth-order valence-electron chi connectivity index (χ4n) is 2.18. The molecule has 21 heavy (non-hydrogen) atoms. The molecule has 0 saturated carbocycles. The third-order valence-electron chi connectivity index (χ3n) is 3.54. The van der Waals surface area contributed by atoms with Crippen molar-refractivity contribution in [1.82, 2.24) is 0 Å². The summed E-state index contributed by atoms with van der Waals surface area (Å²) in [5.41, 5.74) is 3.31. The lowest BCUT2D eigenvalue weighted by Crippen LogP contribution is -2.10. The van der Waals surface area contributed by atoms with E-state index in [0.29, 0.717) is 6.42 Å². The standard InChI is InChI=1S/C18H19BrF2/c1-18(2,3)14-7-5-13(6-8-14)15(19)10-12-4-9-16(20)17(21)11-12/h4-9,11,15H,10H2,1-3H3. The minimum absolute atomic E-state index is 0.0800. The minimum atomic E-state index is -0.806. The van der Waals surface area contributed by atoms with Gasteiger partial charge in [0.25, 0.3) is 0 Å². The summed E-state index contributed by atoms with van der Waals surface area (Å²) in [6.07, 6.45) is 0.617. The van der Waals surface area contributed by atoms with E-state index >= 15 is 0 Å². The molecule has 2 aromatic rings. The molecule has 0 aliphatic heterocycles. The van der Waals surface area contributed by atoms with Crippen LogP contribution in [0.2, 0.25) is 0 Å². The van der Waals surface area contributed by atoms with Crippen molar-refractivity contribution >= 4 is 15.9 Å². The number of halogens is 3. The molecule has 0 fully saturated rings. The predicted molar refractivity (Wildman–Crippen MR) is 86.9 cm³/mol. The molecule has 0 bridgehead atoms. The molecule has 0 aromatic heterocycles. The topological polar surface area (TPSA) is 0 Å². The molecule has 0 N–H and O–H groups in total. The first-order chi connectivity index (χ1) is 9.77. The molecule has 1 atom stereocenters. The number of benzene rings is 2. The summed E-state index contributed by atoms with van der Waals surface area (Å²) < 4.78 is 26.2.